The van der Waals surface area contributed by atoms with Crippen molar-refractivity contribution in [3.63, 3.8) is 0 Å². The Hall–Kier alpha value is -0.820. The Morgan fingerprint density at radius 1 is 1.00 bits per heavy atom. The molecule has 1 aliphatic carbocycles. The Morgan fingerprint density at radius 3 is 2.10 bits per heavy atom. The standard InChI is InChI=1S/C19H31N/c1-15-10-9-11-16(2)18(15)14-19(20-3)17-12-7-5-4-6-8-13-17/h9-11,17,19-20H,4-8,12-14H2,1-3H3. The number of nitrogens with one attached hydrogen (secondary N) is 1. The highest BCUT2D eigenvalue weighted by molar-refractivity contribution is 5.34. The molecule has 0 heterocycles. The summed E-state index contributed by atoms with van der Waals surface area (Å²) < 4.78 is 0. The second-order valence-corrected chi connectivity index (χ2v) is 6.57. The number of hydrogen-bond donors (Lipinski definition) is 1. The lowest BCUT2D eigenvalue weighted by atomic mass is 9.82. The van der Waals surface area contributed by atoms with Gasteiger partial charge in [0.15, 0.2) is 0 Å². The van der Waals surface area contributed by atoms with E-state index in [0.29, 0.717) is 6.04 Å². The van der Waals surface area contributed by atoms with E-state index in [1.54, 1.807) is 5.56 Å². The van der Waals surface area contributed by atoms with E-state index in [1.807, 2.05) is 0 Å². The lowest BCUT2D eigenvalue weighted by molar-refractivity contribution is 0.293. The van der Waals surface area contributed by atoms with E-state index in [9.17, 15) is 0 Å². The molecule has 1 unspecified atom stereocenters. The monoisotopic (exact) mass is 273 g/mol. The largest absolute Gasteiger partial charge is 0.316 e. The second kappa shape index (κ2) is 7.83. The predicted molar refractivity (Wildman–Crippen MR) is 88.3 cm³/mol. The van der Waals surface area contributed by atoms with Gasteiger partial charge in [-0.05, 0) is 62.8 Å². The van der Waals surface area contributed by atoms with Gasteiger partial charge < -0.3 is 5.32 Å². The molecule has 0 aromatic heterocycles. The summed E-state index contributed by atoms with van der Waals surface area (Å²) in [6, 6.07) is 7.34. The van der Waals surface area contributed by atoms with Gasteiger partial charge >= 0.3 is 0 Å². The van der Waals surface area contributed by atoms with Crippen LogP contribution in [0.5, 0.6) is 0 Å². The molecular weight excluding hydrogens is 242 g/mol. The van der Waals surface area contributed by atoms with Crippen molar-refractivity contribution in [1.82, 2.24) is 5.32 Å². The Kier molecular flexibility index (Phi) is 6.09. The van der Waals surface area contributed by atoms with Crippen LogP contribution in [0.15, 0.2) is 18.2 Å². The lowest BCUT2D eigenvalue weighted by Gasteiger charge is -2.29. The van der Waals surface area contributed by atoms with Crippen molar-refractivity contribution < 1.29 is 0 Å². The van der Waals surface area contributed by atoms with Crippen molar-refractivity contribution in [1.29, 1.82) is 0 Å². The molecule has 2 rings (SSSR count). The van der Waals surface area contributed by atoms with Gasteiger partial charge in [-0.1, -0.05) is 50.3 Å². The van der Waals surface area contributed by atoms with Crippen LogP contribution in [0.2, 0.25) is 0 Å². The van der Waals surface area contributed by atoms with E-state index in [1.165, 1.54) is 62.5 Å². The molecule has 1 aromatic rings. The molecule has 0 spiro atoms. The lowest BCUT2D eigenvalue weighted by Crippen LogP contribution is -2.36. The molecule has 1 nitrogen and oxygen atoms in total. The molecule has 0 saturated heterocycles. The summed E-state index contributed by atoms with van der Waals surface area (Å²) in [6.45, 7) is 4.51. The van der Waals surface area contributed by atoms with Crippen LogP contribution in [-0.4, -0.2) is 13.1 Å². The summed E-state index contributed by atoms with van der Waals surface area (Å²) in [5, 5.41) is 3.62. The molecule has 1 aliphatic rings. The van der Waals surface area contributed by atoms with E-state index in [2.05, 4.69) is 44.4 Å². The van der Waals surface area contributed by atoms with Crippen molar-refractivity contribution in [3.8, 4) is 0 Å². The minimum absolute atomic E-state index is 0.646. The normalized spacial score (nSPS) is 19.4. The molecule has 1 heteroatoms. The summed E-state index contributed by atoms with van der Waals surface area (Å²) in [5.41, 5.74) is 4.47. The summed E-state index contributed by atoms with van der Waals surface area (Å²) in [5.74, 6) is 0.860. The summed E-state index contributed by atoms with van der Waals surface area (Å²) >= 11 is 0. The molecule has 1 aromatic carbocycles. The SMILES string of the molecule is CNC(Cc1c(C)cccc1C)C1CCCCCCC1. The third-order valence-electron chi connectivity index (χ3n) is 5.16. The van der Waals surface area contributed by atoms with Crippen molar-refractivity contribution in [2.75, 3.05) is 7.05 Å². The Morgan fingerprint density at radius 2 is 1.55 bits per heavy atom. The maximum Gasteiger partial charge on any atom is 0.0133 e. The fraction of sp³-hybridized carbons (Fsp3) is 0.684. The Balaban J connectivity index is 2.07. The van der Waals surface area contributed by atoms with Crippen molar-refractivity contribution in [2.45, 2.75) is 71.3 Å². The van der Waals surface area contributed by atoms with E-state index in [0.717, 1.165) is 5.92 Å². The highest BCUT2D eigenvalue weighted by Gasteiger charge is 2.22. The quantitative estimate of drug-likeness (QED) is 0.831. The average Bonchev–Trinajstić information content (AvgIpc) is 2.39. The first-order chi connectivity index (χ1) is 9.72. The van der Waals surface area contributed by atoms with Crippen LogP contribution in [0.3, 0.4) is 0 Å². The predicted octanol–water partition coefficient (Wildman–Crippen LogP) is 4.79. The molecule has 112 valence electrons. The minimum atomic E-state index is 0.646. The van der Waals surface area contributed by atoms with E-state index in [4.69, 9.17) is 0 Å². The molecule has 0 bridgehead atoms. The van der Waals surface area contributed by atoms with Gasteiger partial charge in [0.2, 0.25) is 0 Å². The summed E-state index contributed by atoms with van der Waals surface area (Å²) in [4.78, 5) is 0. The van der Waals surface area contributed by atoms with E-state index >= 15 is 0 Å². The smallest absolute Gasteiger partial charge is 0.0133 e. The maximum atomic E-state index is 3.62. The molecule has 1 saturated carbocycles. The number of aryl methyl sites for hydroxylation is 2. The molecule has 0 amide bonds. The zero-order valence-corrected chi connectivity index (χ0v) is 13.5. The van der Waals surface area contributed by atoms with Gasteiger partial charge in [0.05, 0.1) is 0 Å². The average molecular weight is 273 g/mol. The van der Waals surface area contributed by atoms with Crippen LogP contribution in [0.1, 0.15) is 61.6 Å². The first-order valence-electron chi connectivity index (χ1n) is 8.44. The molecule has 20 heavy (non-hydrogen) atoms. The van der Waals surface area contributed by atoms with Crippen LogP contribution < -0.4 is 5.32 Å². The first-order valence-corrected chi connectivity index (χ1v) is 8.44. The van der Waals surface area contributed by atoms with Gasteiger partial charge in [0, 0.05) is 6.04 Å². The number of hydrogen-bond acceptors (Lipinski definition) is 1. The van der Waals surface area contributed by atoms with Gasteiger partial charge in [-0.15, -0.1) is 0 Å². The Labute approximate surface area is 125 Å². The van der Waals surface area contributed by atoms with E-state index < -0.39 is 0 Å². The van der Waals surface area contributed by atoms with Crippen molar-refractivity contribution in [3.05, 3.63) is 34.9 Å². The van der Waals surface area contributed by atoms with E-state index in [-0.39, 0.29) is 0 Å². The number of likely N-dealkylation sites (N-methyl/N-ethyl adjacent to an activating group) is 1. The Bertz CT molecular complexity index is 382. The molecule has 1 atom stereocenters. The van der Waals surface area contributed by atoms with Gasteiger partial charge in [0.1, 0.15) is 0 Å². The number of benzene rings is 1. The molecule has 0 aliphatic heterocycles. The van der Waals surface area contributed by atoms with Gasteiger partial charge in [0.25, 0.3) is 0 Å². The van der Waals surface area contributed by atoms with Crippen LogP contribution in [-0.2, 0) is 6.42 Å². The first kappa shape index (κ1) is 15.6. The van der Waals surface area contributed by atoms with Gasteiger partial charge in [-0.25, -0.2) is 0 Å². The van der Waals surface area contributed by atoms with Crippen molar-refractivity contribution in [2.24, 2.45) is 5.92 Å². The van der Waals surface area contributed by atoms with Crippen LogP contribution in [0.4, 0.5) is 0 Å². The molecule has 1 fully saturated rings. The third kappa shape index (κ3) is 4.09. The fourth-order valence-electron chi connectivity index (χ4n) is 3.79. The zero-order chi connectivity index (χ0) is 14.4. The second-order valence-electron chi connectivity index (χ2n) is 6.57. The zero-order valence-electron chi connectivity index (χ0n) is 13.5. The van der Waals surface area contributed by atoms with Crippen LogP contribution in [0.25, 0.3) is 0 Å². The number of rotatable bonds is 4. The third-order valence-corrected chi connectivity index (χ3v) is 5.16. The van der Waals surface area contributed by atoms with Crippen LogP contribution in [0, 0.1) is 19.8 Å². The molecule has 1 N–H and O–H groups in total. The highest BCUT2D eigenvalue weighted by Crippen LogP contribution is 2.27. The summed E-state index contributed by atoms with van der Waals surface area (Å²) in [7, 11) is 2.15. The topological polar surface area (TPSA) is 12.0 Å². The highest BCUT2D eigenvalue weighted by atomic mass is 14.9. The maximum absolute atomic E-state index is 3.62. The van der Waals surface area contributed by atoms with Gasteiger partial charge in [-0.2, -0.15) is 0 Å². The van der Waals surface area contributed by atoms with Gasteiger partial charge in [-0.3, -0.25) is 0 Å². The molecule has 0 radical (unpaired) electrons. The fourth-order valence-corrected chi connectivity index (χ4v) is 3.79. The van der Waals surface area contributed by atoms with Crippen LogP contribution >= 0.6 is 0 Å². The molecular formula is C19H31N. The summed E-state index contributed by atoms with van der Waals surface area (Å²) in [6.07, 6.45) is 11.2. The van der Waals surface area contributed by atoms with Crippen molar-refractivity contribution >= 4 is 0 Å². The minimum Gasteiger partial charge on any atom is -0.316 e.